The lowest BCUT2D eigenvalue weighted by Crippen LogP contribution is -2.44. The van der Waals surface area contributed by atoms with E-state index in [0.29, 0.717) is 5.89 Å². The second-order valence-corrected chi connectivity index (χ2v) is 6.28. The molecule has 1 unspecified atom stereocenters. The van der Waals surface area contributed by atoms with E-state index in [1.165, 1.54) is 9.13 Å². The van der Waals surface area contributed by atoms with Gasteiger partial charge in [0.2, 0.25) is 0 Å². The van der Waals surface area contributed by atoms with Gasteiger partial charge in [0.1, 0.15) is 0 Å². The standard InChI is InChI=1S/C14H17IN4O.ClH/c1-9-3-4-10(7-11(9)15)14-17-13(18-20-14)12-8-16-5-6-19(12)2;/h3-4,7,12,16H,5-6,8H2,1-2H3;1H. The highest BCUT2D eigenvalue weighted by molar-refractivity contribution is 14.1. The molecule has 21 heavy (non-hydrogen) atoms. The number of rotatable bonds is 2. The molecule has 1 fully saturated rings. The normalized spacial score (nSPS) is 19.3. The Bertz CT molecular complexity index is 619. The van der Waals surface area contributed by atoms with Crippen LogP contribution in [-0.4, -0.2) is 41.7 Å². The van der Waals surface area contributed by atoms with Gasteiger partial charge in [0.25, 0.3) is 5.89 Å². The molecule has 7 heteroatoms. The molecule has 1 atom stereocenters. The molecule has 0 radical (unpaired) electrons. The van der Waals surface area contributed by atoms with Crippen molar-refractivity contribution < 1.29 is 4.52 Å². The molecule has 2 heterocycles. The second kappa shape index (κ2) is 7.04. The number of hydrogen-bond donors (Lipinski definition) is 1. The lowest BCUT2D eigenvalue weighted by Gasteiger charge is -2.30. The minimum Gasteiger partial charge on any atom is -0.334 e. The van der Waals surface area contributed by atoms with Crippen LogP contribution >= 0.6 is 35.0 Å². The first-order valence-corrected chi connectivity index (χ1v) is 7.74. The SMILES string of the molecule is Cc1ccc(-c2nc(C3CNCCN3C)no2)cc1I.Cl. The first-order valence-electron chi connectivity index (χ1n) is 6.66. The Labute approximate surface area is 144 Å². The quantitative estimate of drug-likeness (QED) is 0.757. The number of halogens is 2. The number of benzene rings is 1. The highest BCUT2D eigenvalue weighted by Crippen LogP contribution is 2.25. The summed E-state index contributed by atoms with van der Waals surface area (Å²) in [5.74, 6) is 1.35. The second-order valence-electron chi connectivity index (χ2n) is 5.12. The largest absolute Gasteiger partial charge is 0.334 e. The Hall–Kier alpha value is -0.700. The first-order chi connectivity index (χ1) is 9.65. The third kappa shape index (κ3) is 3.56. The monoisotopic (exact) mass is 420 g/mol. The third-order valence-electron chi connectivity index (χ3n) is 3.67. The van der Waals surface area contributed by atoms with Crippen molar-refractivity contribution in [2.75, 3.05) is 26.7 Å². The Balaban J connectivity index is 0.00000161. The first kappa shape index (κ1) is 16.7. The van der Waals surface area contributed by atoms with E-state index < -0.39 is 0 Å². The maximum Gasteiger partial charge on any atom is 0.258 e. The van der Waals surface area contributed by atoms with Crippen LogP contribution in [0.1, 0.15) is 17.4 Å². The number of aromatic nitrogens is 2. The number of nitrogens with one attached hydrogen (secondary N) is 1. The van der Waals surface area contributed by atoms with Gasteiger partial charge in [-0.3, -0.25) is 4.90 Å². The lowest BCUT2D eigenvalue weighted by molar-refractivity contribution is 0.190. The molecule has 5 nitrogen and oxygen atoms in total. The van der Waals surface area contributed by atoms with E-state index in [4.69, 9.17) is 4.52 Å². The summed E-state index contributed by atoms with van der Waals surface area (Å²) in [5, 5.41) is 7.51. The smallest absolute Gasteiger partial charge is 0.258 e. The van der Waals surface area contributed by atoms with Crippen molar-refractivity contribution in [1.82, 2.24) is 20.4 Å². The Morgan fingerprint density at radius 1 is 1.43 bits per heavy atom. The molecule has 0 spiro atoms. The summed E-state index contributed by atoms with van der Waals surface area (Å²) >= 11 is 2.32. The fraction of sp³-hybridized carbons (Fsp3) is 0.429. The van der Waals surface area contributed by atoms with Gasteiger partial charge < -0.3 is 9.84 Å². The van der Waals surface area contributed by atoms with E-state index in [1.54, 1.807) is 0 Å². The van der Waals surface area contributed by atoms with E-state index in [0.717, 1.165) is 31.0 Å². The van der Waals surface area contributed by atoms with Crippen LogP contribution in [0.15, 0.2) is 22.7 Å². The zero-order valence-corrected chi connectivity index (χ0v) is 14.9. The summed E-state index contributed by atoms with van der Waals surface area (Å²) in [7, 11) is 2.09. The lowest BCUT2D eigenvalue weighted by atomic mass is 10.1. The van der Waals surface area contributed by atoms with Crippen LogP contribution in [0, 0.1) is 10.5 Å². The van der Waals surface area contributed by atoms with E-state index in [-0.39, 0.29) is 18.4 Å². The Morgan fingerprint density at radius 3 is 2.95 bits per heavy atom. The van der Waals surface area contributed by atoms with Crippen molar-refractivity contribution in [2.45, 2.75) is 13.0 Å². The molecule has 0 amide bonds. The summed E-state index contributed by atoms with van der Waals surface area (Å²) in [6, 6.07) is 6.37. The van der Waals surface area contributed by atoms with Crippen LogP contribution in [0.5, 0.6) is 0 Å². The molecule has 0 aliphatic carbocycles. The molecule has 0 saturated carbocycles. The average molecular weight is 421 g/mol. The van der Waals surface area contributed by atoms with E-state index in [2.05, 4.69) is 69.1 Å². The van der Waals surface area contributed by atoms with Crippen molar-refractivity contribution in [3.05, 3.63) is 33.2 Å². The van der Waals surface area contributed by atoms with E-state index in [9.17, 15) is 0 Å². The zero-order valence-electron chi connectivity index (χ0n) is 12.0. The van der Waals surface area contributed by atoms with Gasteiger partial charge in [-0.25, -0.2) is 0 Å². The molecule has 1 aliphatic rings. The van der Waals surface area contributed by atoms with Crippen LogP contribution in [0.25, 0.3) is 11.5 Å². The van der Waals surface area contributed by atoms with Gasteiger partial charge in [0.05, 0.1) is 6.04 Å². The highest BCUT2D eigenvalue weighted by Gasteiger charge is 2.25. The topological polar surface area (TPSA) is 54.2 Å². The van der Waals surface area contributed by atoms with Crippen LogP contribution in [0.3, 0.4) is 0 Å². The summed E-state index contributed by atoms with van der Waals surface area (Å²) in [4.78, 5) is 6.82. The highest BCUT2D eigenvalue weighted by atomic mass is 127. The third-order valence-corrected chi connectivity index (χ3v) is 4.83. The molecule has 2 aromatic rings. The molecular formula is C14H18ClIN4O. The summed E-state index contributed by atoms with van der Waals surface area (Å²) in [5.41, 5.74) is 2.23. The molecular weight excluding hydrogens is 403 g/mol. The maximum atomic E-state index is 5.43. The molecule has 3 rings (SSSR count). The number of nitrogens with zero attached hydrogens (tertiary/aromatic N) is 3. The van der Waals surface area contributed by atoms with Gasteiger partial charge in [-0.1, -0.05) is 11.2 Å². The van der Waals surface area contributed by atoms with Gasteiger partial charge in [0, 0.05) is 28.8 Å². The minimum absolute atomic E-state index is 0. The summed E-state index contributed by atoms with van der Waals surface area (Å²) in [6.07, 6.45) is 0. The van der Waals surface area contributed by atoms with Crippen molar-refractivity contribution in [3.63, 3.8) is 0 Å². The fourth-order valence-corrected chi connectivity index (χ4v) is 2.82. The Morgan fingerprint density at radius 2 is 2.24 bits per heavy atom. The van der Waals surface area contributed by atoms with Crippen molar-refractivity contribution in [2.24, 2.45) is 0 Å². The fourth-order valence-electron chi connectivity index (χ4n) is 2.31. The molecule has 1 aliphatic heterocycles. The predicted octanol–water partition coefficient (Wildman–Crippen LogP) is 2.65. The maximum absolute atomic E-state index is 5.43. The number of aryl methyl sites for hydroxylation is 1. The van der Waals surface area contributed by atoms with E-state index in [1.807, 2.05) is 6.07 Å². The Kier molecular flexibility index (Phi) is 5.59. The predicted molar refractivity (Wildman–Crippen MR) is 92.7 cm³/mol. The van der Waals surface area contributed by atoms with Crippen molar-refractivity contribution in [1.29, 1.82) is 0 Å². The van der Waals surface area contributed by atoms with E-state index >= 15 is 0 Å². The average Bonchev–Trinajstić information content (AvgIpc) is 2.92. The van der Waals surface area contributed by atoms with Gasteiger partial charge in [-0.15, -0.1) is 12.4 Å². The number of likely N-dealkylation sites (N-methyl/N-ethyl adjacent to an activating group) is 1. The van der Waals surface area contributed by atoms with Crippen LogP contribution in [-0.2, 0) is 0 Å². The molecule has 1 N–H and O–H groups in total. The van der Waals surface area contributed by atoms with Crippen LogP contribution in [0.2, 0.25) is 0 Å². The zero-order chi connectivity index (χ0) is 14.1. The molecule has 114 valence electrons. The van der Waals surface area contributed by atoms with Gasteiger partial charge >= 0.3 is 0 Å². The van der Waals surface area contributed by atoms with Crippen LogP contribution < -0.4 is 5.32 Å². The van der Waals surface area contributed by atoms with Gasteiger partial charge in [0.15, 0.2) is 5.82 Å². The number of piperazine rings is 1. The number of hydrogen-bond acceptors (Lipinski definition) is 5. The summed E-state index contributed by atoms with van der Waals surface area (Å²) in [6.45, 7) is 4.96. The summed E-state index contributed by atoms with van der Waals surface area (Å²) < 4.78 is 6.63. The molecule has 0 bridgehead atoms. The molecule has 1 saturated heterocycles. The van der Waals surface area contributed by atoms with Gasteiger partial charge in [-0.2, -0.15) is 4.98 Å². The minimum atomic E-state index is 0. The molecule has 1 aromatic heterocycles. The van der Waals surface area contributed by atoms with Gasteiger partial charge in [-0.05, 0) is 54.3 Å². The molecule has 1 aromatic carbocycles. The van der Waals surface area contributed by atoms with Crippen molar-refractivity contribution >= 4 is 35.0 Å². The van der Waals surface area contributed by atoms with Crippen molar-refractivity contribution in [3.8, 4) is 11.5 Å². The van der Waals surface area contributed by atoms with Crippen LogP contribution in [0.4, 0.5) is 0 Å².